The van der Waals surface area contributed by atoms with Crippen LogP contribution in [0.1, 0.15) is 12.5 Å². The van der Waals surface area contributed by atoms with Gasteiger partial charge in [-0.3, -0.25) is 4.79 Å². The van der Waals surface area contributed by atoms with Crippen LogP contribution in [0.4, 0.5) is 0 Å². The van der Waals surface area contributed by atoms with Crippen molar-refractivity contribution in [3.05, 3.63) is 52.4 Å². The van der Waals surface area contributed by atoms with Gasteiger partial charge in [0.15, 0.2) is 11.0 Å². The third-order valence-corrected chi connectivity index (χ3v) is 5.55. The second kappa shape index (κ2) is 8.51. The summed E-state index contributed by atoms with van der Waals surface area (Å²) >= 11 is 8.96. The van der Waals surface area contributed by atoms with Crippen LogP contribution in [0.3, 0.4) is 0 Å². The summed E-state index contributed by atoms with van der Waals surface area (Å²) in [6.07, 6.45) is 0. The van der Waals surface area contributed by atoms with Gasteiger partial charge in [-0.2, -0.15) is 0 Å². The monoisotopic (exact) mass is 392 g/mol. The van der Waals surface area contributed by atoms with Gasteiger partial charge in [0.25, 0.3) is 0 Å². The van der Waals surface area contributed by atoms with Crippen LogP contribution in [-0.2, 0) is 17.9 Å². The Morgan fingerprint density at radius 3 is 2.92 bits per heavy atom. The SMILES string of the molecule is CCn1c(SCC(=O)NCc2cccc(Cl)c2)nnc1-c1cccs1. The summed E-state index contributed by atoms with van der Waals surface area (Å²) in [4.78, 5) is 13.2. The summed E-state index contributed by atoms with van der Waals surface area (Å²) in [5.74, 6) is 1.09. The fraction of sp³-hybridized carbons (Fsp3) is 0.235. The van der Waals surface area contributed by atoms with E-state index in [-0.39, 0.29) is 5.91 Å². The number of nitrogens with one attached hydrogen (secondary N) is 1. The fourth-order valence-corrected chi connectivity index (χ4v) is 4.06. The van der Waals surface area contributed by atoms with Crippen molar-refractivity contribution < 1.29 is 4.79 Å². The number of nitrogens with zero attached hydrogens (tertiary/aromatic N) is 3. The molecular formula is C17H17ClN4OS2. The second-order valence-electron chi connectivity index (χ2n) is 5.22. The van der Waals surface area contributed by atoms with E-state index < -0.39 is 0 Å². The third-order valence-electron chi connectivity index (χ3n) is 3.49. The molecule has 0 bridgehead atoms. The lowest BCUT2D eigenvalue weighted by molar-refractivity contribution is -0.118. The van der Waals surface area contributed by atoms with E-state index in [1.165, 1.54) is 11.8 Å². The Hall–Kier alpha value is -1.83. The van der Waals surface area contributed by atoms with Crippen molar-refractivity contribution in [3.8, 4) is 10.7 Å². The summed E-state index contributed by atoms with van der Waals surface area (Å²) in [5.41, 5.74) is 0.975. The first-order valence-electron chi connectivity index (χ1n) is 7.78. The van der Waals surface area contributed by atoms with Crippen LogP contribution in [0.25, 0.3) is 10.7 Å². The molecule has 130 valence electrons. The molecule has 1 N–H and O–H groups in total. The molecule has 0 saturated heterocycles. The van der Waals surface area contributed by atoms with Crippen LogP contribution in [0, 0.1) is 0 Å². The van der Waals surface area contributed by atoms with Gasteiger partial charge in [-0.05, 0) is 36.1 Å². The molecule has 1 amide bonds. The van der Waals surface area contributed by atoms with Gasteiger partial charge in [-0.1, -0.05) is 41.6 Å². The average Bonchev–Trinajstić information content (AvgIpc) is 3.27. The van der Waals surface area contributed by atoms with Gasteiger partial charge in [0.05, 0.1) is 10.6 Å². The van der Waals surface area contributed by atoms with Crippen molar-refractivity contribution in [1.82, 2.24) is 20.1 Å². The second-order valence-corrected chi connectivity index (χ2v) is 7.55. The van der Waals surface area contributed by atoms with Gasteiger partial charge >= 0.3 is 0 Å². The molecule has 3 aromatic rings. The molecule has 0 atom stereocenters. The highest BCUT2D eigenvalue weighted by atomic mass is 35.5. The lowest BCUT2D eigenvalue weighted by Crippen LogP contribution is -2.24. The molecule has 0 fully saturated rings. The normalized spacial score (nSPS) is 10.8. The average molecular weight is 393 g/mol. The molecule has 0 spiro atoms. The number of aromatic nitrogens is 3. The Balaban J connectivity index is 1.57. The van der Waals surface area contributed by atoms with Crippen LogP contribution in [0.15, 0.2) is 46.9 Å². The number of amides is 1. The van der Waals surface area contributed by atoms with Crippen molar-refractivity contribution in [1.29, 1.82) is 0 Å². The van der Waals surface area contributed by atoms with E-state index in [1.54, 1.807) is 11.3 Å². The highest BCUT2D eigenvalue weighted by Crippen LogP contribution is 2.27. The molecule has 0 aliphatic heterocycles. The maximum absolute atomic E-state index is 12.1. The first kappa shape index (κ1) is 18.0. The van der Waals surface area contributed by atoms with E-state index in [0.717, 1.165) is 28.0 Å². The lowest BCUT2D eigenvalue weighted by atomic mass is 10.2. The Bertz CT molecular complexity index is 848. The molecule has 1 aromatic carbocycles. The van der Waals surface area contributed by atoms with Crippen LogP contribution in [0.2, 0.25) is 5.02 Å². The van der Waals surface area contributed by atoms with Crippen LogP contribution in [-0.4, -0.2) is 26.4 Å². The van der Waals surface area contributed by atoms with Gasteiger partial charge in [0.2, 0.25) is 5.91 Å². The van der Waals surface area contributed by atoms with Crippen molar-refractivity contribution in [2.24, 2.45) is 0 Å². The number of hydrogen-bond acceptors (Lipinski definition) is 5. The molecule has 0 unspecified atom stereocenters. The van der Waals surface area contributed by atoms with E-state index in [4.69, 9.17) is 11.6 Å². The number of rotatable bonds is 7. The third kappa shape index (κ3) is 4.62. The van der Waals surface area contributed by atoms with Crippen LogP contribution < -0.4 is 5.32 Å². The highest BCUT2D eigenvalue weighted by molar-refractivity contribution is 7.99. The van der Waals surface area contributed by atoms with Gasteiger partial charge < -0.3 is 9.88 Å². The van der Waals surface area contributed by atoms with E-state index >= 15 is 0 Å². The maximum atomic E-state index is 12.1. The quantitative estimate of drug-likeness (QED) is 0.615. The predicted molar refractivity (Wildman–Crippen MR) is 103 cm³/mol. The number of carbonyl (C=O) groups excluding carboxylic acids is 1. The van der Waals surface area contributed by atoms with E-state index in [0.29, 0.717) is 17.3 Å². The highest BCUT2D eigenvalue weighted by Gasteiger charge is 2.15. The summed E-state index contributed by atoms with van der Waals surface area (Å²) in [6, 6.07) is 11.5. The summed E-state index contributed by atoms with van der Waals surface area (Å²) < 4.78 is 2.03. The number of hydrogen-bond donors (Lipinski definition) is 1. The van der Waals surface area contributed by atoms with Gasteiger partial charge in [0, 0.05) is 18.1 Å². The molecule has 0 aliphatic rings. The van der Waals surface area contributed by atoms with E-state index in [1.807, 2.05) is 53.3 Å². The molecule has 0 saturated carbocycles. The minimum Gasteiger partial charge on any atom is -0.351 e. The first-order chi connectivity index (χ1) is 12.2. The topological polar surface area (TPSA) is 59.8 Å². The zero-order valence-corrected chi connectivity index (χ0v) is 16.0. The predicted octanol–water partition coefficient (Wildman–Crippen LogP) is 4.09. The van der Waals surface area contributed by atoms with Crippen molar-refractivity contribution in [2.45, 2.75) is 25.2 Å². The summed E-state index contributed by atoms with van der Waals surface area (Å²) in [7, 11) is 0. The van der Waals surface area contributed by atoms with Gasteiger partial charge in [0.1, 0.15) is 0 Å². The maximum Gasteiger partial charge on any atom is 0.230 e. The van der Waals surface area contributed by atoms with Gasteiger partial charge in [-0.25, -0.2) is 0 Å². The number of thiophene rings is 1. The molecule has 5 nitrogen and oxygen atoms in total. The molecule has 25 heavy (non-hydrogen) atoms. The van der Waals surface area contributed by atoms with Crippen LogP contribution in [0.5, 0.6) is 0 Å². The lowest BCUT2D eigenvalue weighted by Gasteiger charge is -2.07. The van der Waals surface area contributed by atoms with Crippen molar-refractivity contribution in [3.63, 3.8) is 0 Å². The Morgan fingerprint density at radius 2 is 2.20 bits per heavy atom. The van der Waals surface area contributed by atoms with Crippen molar-refractivity contribution >= 4 is 40.6 Å². The largest absolute Gasteiger partial charge is 0.351 e. The molecule has 0 aliphatic carbocycles. The molecule has 2 heterocycles. The molecular weight excluding hydrogens is 376 g/mol. The van der Waals surface area contributed by atoms with Crippen molar-refractivity contribution in [2.75, 3.05) is 5.75 Å². The number of benzene rings is 1. The Kier molecular flexibility index (Phi) is 6.12. The number of halogens is 1. The van der Waals surface area contributed by atoms with Crippen LogP contribution >= 0.6 is 34.7 Å². The minimum absolute atomic E-state index is 0.0479. The van der Waals surface area contributed by atoms with E-state index in [9.17, 15) is 4.79 Å². The van der Waals surface area contributed by atoms with Gasteiger partial charge in [-0.15, -0.1) is 21.5 Å². The molecule has 8 heteroatoms. The summed E-state index contributed by atoms with van der Waals surface area (Å²) in [6.45, 7) is 3.26. The Labute approximate surface area is 159 Å². The molecule has 2 aromatic heterocycles. The first-order valence-corrected chi connectivity index (χ1v) is 10.0. The summed E-state index contributed by atoms with van der Waals surface area (Å²) in [5, 5.41) is 14.8. The number of thioether (sulfide) groups is 1. The molecule has 0 radical (unpaired) electrons. The number of carbonyl (C=O) groups is 1. The Morgan fingerprint density at radius 1 is 1.32 bits per heavy atom. The standard InChI is InChI=1S/C17H17ClN4OS2/c1-2-22-16(14-7-4-8-24-14)20-21-17(22)25-11-15(23)19-10-12-5-3-6-13(18)9-12/h3-9H,2,10-11H2,1H3,(H,19,23). The smallest absolute Gasteiger partial charge is 0.230 e. The molecule has 3 rings (SSSR count). The zero-order chi connectivity index (χ0) is 17.6. The van der Waals surface area contributed by atoms with E-state index in [2.05, 4.69) is 15.5 Å². The minimum atomic E-state index is -0.0479. The fourth-order valence-electron chi connectivity index (χ4n) is 2.30. The zero-order valence-electron chi connectivity index (χ0n) is 13.6.